The van der Waals surface area contributed by atoms with E-state index in [2.05, 4.69) is 25.4 Å². The molecule has 32 heavy (non-hydrogen) atoms. The Morgan fingerprint density at radius 2 is 2.12 bits per heavy atom. The molecule has 170 valence electrons. The zero-order valence-electron chi connectivity index (χ0n) is 17.8. The van der Waals surface area contributed by atoms with Crippen molar-refractivity contribution < 1.29 is 14.6 Å². The van der Waals surface area contributed by atoms with Crippen LogP contribution in [-0.4, -0.2) is 69.0 Å². The molecule has 2 aliphatic heterocycles. The first-order valence-electron chi connectivity index (χ1n) is 10.7. The lowest BCUT2D eigenvalue weighted by atomic mass is 9.97. The molecule has 0 aromatic carbocycles. The van der Waals surface area contributed by atoms with Gasteiger partial charge in [0.15, 0.2) is 0 Å². The molecule has 0 amide bonds. The number of piperidine rings is 1. The van der Waals surface area contributed by atoms with Crippen molar-refractivity contribution in [1.82, 2.24) is 24.5 Å². The van der Waals surface area contributed by atoms with Gasteiger partial charge in [-0.3, -0.25) is 4.99 Å². The summed E-state index contributed by atoms with van der Waals surface area (Å²) in [5, 5.41) is 7.58. The van der Waals surface area contributed by atoms with Gasteiger partial charge in [0, 0.05) is 44.3 Å². The molecule has 3 aromatic heterocycles. The predicted octanol–water partition coefficient (Wildman–Crippen LogP) is 4.34. The Kier molecular flexibility index (Phi) is 5.32. The van der Waals surface area contributed by atoms with Crippen LogP contribution < -0.4 is 5.32 Å². The molecule has 1 fully saturated rings. The average Bonchev–Trinajstić information content (AvgIpc) is 3.30. The third-order valence-corrected chi connectivity index (χ3v) is 6.20. The molecule has 5 heterocycles. The first-order valence-corrected chi connectivity index (χ1v) is 10.7. The van der Waals surface area contributed by atoms with Crippen LogP contribution in [0, 0.1) is 0 Å². The van der Waals surface area contributed by atoms with E-state index in [4.69, 9.17) is 0 Å². The van der Waals surface area contributed by atoms with Gasteiger partial charge in [-0.05, 0) is 38.6 Å². The lowest BCUT2D eigenvalue weighted by Gasteiger charge is -2.32. The molecule has 1 N–H and O–H groups in total. The van der Waals surface area contributed by atoms with Crippen LogP contribution in [0.1, 0.15) is 32.8 Å². The normalized spacial score (nSPS) is 23.6. The van der Waals surface area contributed by atoms with Crippen molar-refractivity contribution in [2.45, 2.75) is 44.3 Å². The van der Waals surface area contributed by atoms with Crippen LogP contribution in [0.3, 0.4) is 0 Å². The highest BCUT2D eigenvalue weighted by molar-refractivity contribution is 5.96. The van der Waals surface area contributed by atoms with Crippen LogP contribution in [0.4, 0.5) is 24.8 Å². The number of halogens is 3. The summed E-state index contributed by atoms with van der Waals surface area (Å²) in [6, 6.07) is 5.18. The number of aromatic nitrogens is 4. The Balaban J connectivity index is 0.00000259. The van der Waals surface area contributed by atoms with E-state index in [-0.39, 0.29) is 13.9 Å². The number of likely N-dealkylation sites (tertiary alicyclic amines) is 1. The van der Waals surface area contributed by atoms with Gasteiger partial charge < -0.3 is 10.2 Å². The highest BCUT2D eigenvalue weighted by atomic mass is 19.3. The Morgan fingerprint density at radius 3 is 2.91 bits per heavy atom. The van der Waals surface area contributed by atoms with Gasteiger partial charge in [0.2, 0.25) is 12.4 Å². The largest absolute Gasteiger partial charge is 0.347 e. The molecule has 0 bridgehead atoms. The summed E-state index contributed by atoms with van der Waals surface area (Å²) >= 11 is 0. The van der Waals surface area contributed by atoms with Gasteiger partial charge in [-0.2, -0.15) is 0 Å². The second-order valence-electron chi connectivity index (χ2n) is 8.49. The fourth-order valence-corrected chi connectivity index (χ4v) is 4.46. The van der Waals surface area contributed by atoms with Crippen LogP contribution in [-0.2, 0) is 0 Å². The Morgan fingerprint density at radius 1 is 1.28 bits per heavy atom. The highest BCUT2D eigenvalue weighted by Crippen LogP contribution is 2.39. The summed E-state index contributed by atoms with van der Waals surface area (Å²) in [6.45, 7) is 2.96. The zero-order valence-corrected chi connectivity index (χ0v) is 17.8. The molecular formula is C22H26F3N7. The van der Waals surface area contributed by atoms with Crippen LogP contribution in [0.2, 0.25) is 0 Å². The maximum absolute atomic E-state index is 14.3. The van der Waals surface area contributed by atoms with E-state index in [1.807, 2.05) is 30.1 Å². The Bertz CT molecular complexity index is 1180. The van der Waals surface area contributed by atoms with Crippen LogP contribution in [0.25, 0.3) is 16.8 Å². The number of hydrogen-bond acceptors (Lipinski definition) is 6. The van der Waals surface area contributed by atoms with E-state index < -0.39 is 18.5 Å². The SMILES string of the molecule is CC1=Nc2ccc(-c3ccn4nc(N[C@@H]5CCN(C)C[C@@H]5F)ncc34)nc2C1CC(F)F.[HH]. The van der Waals surface area contributed by atoms with Gasteiger partial charge >= 0.3 is 0 Å². The fraction of sp³-hybridized carbons (Fsp3) is 0.455. The van der Waals surface area contributed by atoms with Gasteiger partial charge in [0.1, 0.15) is 6.17 Å². The topological polar surface area (TPSA) is 70.7 Å². The maximum Gasteiger partial charge on any atom is 0.241 e. The molecule has 0 radical (unpaired) electrons. The fourth-order valence-electron chi connectivity index (χ4n) is 4.46. The van der Waals surface area contributed by atoms with Crippen molar-refractivity contribution in [2.24, 2.45) is 4.99 Å². The summed E-state index contributed by atoms with van der Waals surface area (Å²) in [5.41, 5.74) is 4.05. The molecule has 0 aliphatic carbocycles. The number of hydrogen-bond donors (Lipinski definition) is 1. The minimum absolute atomic E-state index is 0. The molecule has 5 rings (SSSR count). The number of anilines is 1. The first kappa shape index (κ1) is 20.9. The van der Waals surface area contributed by atoms with Crippen LogP contribution in [0.5, 0.6) is 0 Å². The summed E-state index contributed by atoms with van der Waals surface area (Å²) in [5.74, 6) is -0.117. The number of nitrogens with zero attached hydrogens (tertiary/aromatic N) is 6. The van der Waals surface area contributed by atoms with Crippen molar-refractivity contribution >= 4 is 22.9 Å². The van der Waals surface area contributed by atoms with Crippen molar-refractivity contribution in [3.63, 3.8) is 0 Å². The lowest BCUT2D eigenvalue weighted by Crippen LogP contribution is -2.46. The molecule has 0 saturated carbocycles. The minimum Gasteiger partial charge on any atom is -0.347 e. The average molecular weight is 445 g/mol. The number of nitrogens with one attached hydrogen (secondary N) is 1. The van der Waals surface area contributed by atoms with E-state index >= 15 is 0 Å². The number of pyridine rings is 1. The van der Waals surface area contributed by atoms with E-state index in [9.17, 15) is 13.2 Å². The zero-order chi connectivity index (χ0) is 22.4. The molecule has 3 aromatic rings. The smallest absolute Gasteiger partial charge is 0.241 e. The third-order valence-electron chi connectivity index (χ3n) is 6.20. The van der Waals surface area contributed by atoms with E-state index in [1.165, 1.54) is 0 Å². The number of aliphatic imine (C=N–C) groups is 1. The summed E-state index contributed by atoms with van der Waals surface area (Å²) in [7, 11) is 1.91. The highest BCUT2D eigenvalue weighted by Gasteiger charge is 2.30. The lowest BCUT2D eigenvalue weighted by molar-refractivity contribution is 0.135. The summed E-state index contributed by atoms with van der Waals surface area (Å²) in [4.78, 5) is 15.4. The molecule has 0 spiro atoms. The second-order valence-corrected chi connectivity index (χ2v) is 8.49. The summed E-state index contributed by atoms with van der Waals surface area (Å²) < 4.78 is 42.1. The van der Waals surface area contributed by atoms with Crippen molar-refractivity contribution in [3.8, 4) is 11.3 Å². The Hall–Kier alpha value is -3.01. The monoisotopic (exact) mass is 445 g/mol. The standard InChI is InChI=1S/C22H24F3N7.H2/c1-12-14(9-20(24)25)21-18(27-12)4-3-16(28-21)13-5-8-32-19(13)10-26-22(30-32)29-17-6-7-31(2)11-15(17)23;/h3-5,8,10,14-15,17,20H,6-7,9,11H2,1-2H3,(H,29,30);1H/t14?,15-,17+;/m0./s1. The van der Waals surface area contributed by atoms with Gasteiger partial charge in [-0.25, -0.2) is 27.7 Å². The molecule has 3 atom stereocenters. The van der Waals surface area contributed by atoms with E-state index in [1.54, 1.807) is 23.8 Å². The van der Waals surface area contributed by atoms with Crippen molar-refractivity contribution in [3.05, 3.63) is 36.3 Å². The number of alkyl halides is 3. The first-order chi connectivity index (χ1) is 15.4. The molecule has 7 nitrogen and oxygen atoms in total. The molecule has 10 heteroatoms. The molecule has 1 unspecified atom stereocenters. The predicted molar refractivity (Wildman–Crippen MR) is 119 cm³/mol. The Labute approximate surface area is 184 Å². The summed E-state index contributed by atoms with van der Waals surface area (Å²) in [6.07, 6.45) is 0.420. The van der Waals surface area contributed by atoms with E-state index in [0.29, 0.717) is 41.7 Å². The van der Waals surface area contributed by atoms with Crippen LogP contribution in [0.15, 0.2) is 35.6 Å². The molecule has 1 saturated heterocycles. The van der Waals surface area contributed by atoms with Crippen LogP contribution >= 0.6 is 0 Å². The number of rotatable bonds is 5. The van der Waals surface area contributed by atoms with E-state index in [0.717, 1.165) is 17.6 Å². The third kappa shape index (κ3) is 3.83. The molecular weight excluding hydrogens is 419 g/mol. The maximum atomic E-state index is 14.3. The number of fused-ring (bicyclic) bond motifs is 2. The van der Waals surface area contributed by atoms with Gasteiger partial charge in [0.25, 0.3) is 0 Å². The van der Waals surface area contributed by atoms with Gasteiger partial charge in [-0.1, -0.05) is 0 Å². The van der Waals surface area contributed by atoms with Crippen molar-refractivity contribution in [1.29, 1.82) is 0 Å². The minimum atomic E-state index is -2.43. The van der Waals surface area contributed by atoms with Gasteiger partial charge in [0.05, 0.1) is 34.8 Å². The molecule has 2 aliphatic rings. The van der Waals surface area contributed by atoms with Gasteiger partial charge in [-0.15, -0.1) is 5.10 Å². The van der Waals surface area contributed by atoms with Crippen molar-refractivity contribution in [2.75, 3.05) is 25.5 Å². The second kappa shape index (κ2) is 8.16. The quantitative estimate of drug-likeness (QED) is 0.633.